The van der Waals surface area contributed by atoms with Crippen molar-refractivity contribution in [2.45, 2.75) is 0 Å². The van der Waals surface area contributed by atoms with Crippen molar-refractivity contribution in [1.82, 2.24) is 0 Å². The fourth-order valence-electron chi connectivity index (χ4n) is 2.21. The van der Waals surface area contributed by atoms with E-state index in [4.69, 9.17) is 5.73 Å². The summed E-state index contributed by atoms with van der Waals surface area (Å²) in [6, 6.07) is 14.4. The summed E-state index contributed by atoms with van der Waals surface area (Å²) in [7, 11) is 0. The molecule has 0 unspecified atom stereocenters. The summed E-state index contributed by atoms with van der Waals surface area (Å²) < 4.78 is 0. The van der Waals surface area contributed by atoms with Crippen LogP contribution in [0.5, 0.6) is 0 Å². The predicted molar refractivity (Wildman–Crippen MR) is 98.7 cm³/mol. The van der Waals surface area contributed by atoms with Crippen molar-refractivity contribution in [3.05, 3.63) is 95.9 Å². The summed E-state index contributed by atoms with van der Waals surface area (Å²) in [5.74, 6) is -0.171. The molecule has 0 bridgehead atoms. The minimum absolute atomic E-state index is 0.171. The minimum Gasteiger partial charge on any atom is -0.399 e. The number of carbonyl (C=O) groups is 1. The van der Waals surface area contributed by atoms with Crippen LogP contribution in [0, 0.1) is 0 Å². The first kappa shape index (κ1) is 15.4. The van der Waals surface area contributed by atoms with E-state index in [0.29, 0.717) is 16.9 Å². The predicted octanol–water partition coefficient (Wildman–Crippen LogP) is 4.10. The number of nitrogens with one attached hydrogen (secondary N) is 2. The Kier molecular flexibility index (Phi) is 4.61. The van der Waals surface area contributed by atoms with Crippen molar-refractivity contribution >= 4 is 23.0 Å². The van der Waals surface area contributed by atoms with E-state index in [9.17, 15) is 4.79 Å². The number of anilines is 3. The van der Waals surface area contributed by atoms with E-state index in [1.165, 1.54) is 0 Å². The molecule has 0 heterocycles. The van der Waals surface area contributed by atoms with E-state index >= 15 is 0 Å². The molecular weight excluding hydrogens is 298 g/mol. The van der Waals surface area contributed by atoms with E-state index in [1.54, 1.807) is 30.3 Å². The van der Waals surface area contributed by atoms with Gasteiger partial charge in [-0.3, -0.25) is 4.79 Å². The zero-order valence-corrected chi connectivity index (χ0v) is 13.0. The Morgan fingerprint density at radius 3 is 2.67 bits per heavy atom. The molecule has 0 aromatic heterocycles. The molecule has 4 nitrogen and oxygen atoms in total. The van der Waals surface area contributed by atoms with Gasteiger partial charge in [-0.2, -0.15) is 0 Å². The molecule has 0 saturated carbocycles. The van der Waals surface area contributed by atoms with Crippen LogP contribution < -0.4 is 16.4 Å². The SMILES string of the molecule is Nc1ccc(NC(=O)c2cccc(NC3=CC=C=CC=C3)c2)cc1. The standard InChI is InChI=1S/C20H17N3O/c21-16-10-12-18(13-11-16)23-20(24)15-6-5-9-19(14-15)22-17-7-3-1-2-4-8-17/h1,3-14,22H,21H2,(H,23,24). The second kappa shape index (κ2) is 7.18. The van der Waals surface area contributed by atoms with Crippen LogP contribution in [-0.4, -0.2) is 5.91 Å². The summed E-state index contributed by atoms with van der Waals surface area (Å²) in [4.78, 5) is 12.4. The quantitative estimate of drug-likeness (QED) is 0.588. The molecule has 1 aliphatic rings. The summed E-state index contributed by atoms with van der Waals surface area (Å²) in [6.07, 6.45) is 9.43. The fraction of sp³-hybridized carbons (Fsp3) is 0. The Labute approximate surface area is 140 Å². The van der Waals surface area contributed by atoms with E-state index in [0.717, 1.165) is 11.4 Å². The van der Waals surface area contributed by atoms with Crippen molar-refractivity contribution in [2.75, 3.05) is 16.4 Å². The van der Waals surface area contributed by atoms with Gasteiger partial charge in [0.2, 0.25) is 0 Å². The number of allylic oxidation sites excluding steroid dienone is 4. The highest BCUT2D eigenvalue weighted by molar-refractivity contribution is 6.04. The summed E-state index contributed by atoms with van der Waals surface area (Å²) >= 11 is 0. The summed E-state index contributed by atoms with van der Waals surface area (Å²) in [5, 5.41) is 6.13. The average Bonchev–Trinajstić information content (AvgIpc) is 2.86. The molecule has 0 saturated heterocycles. The van der Waals surface area contributed by atoms with Crippen LogP contribution in [0.25, 0.3) is 0 Å². The van der Waals surface area contributed by atoms with Gasteiger partial charge in [0.15, 0.2) is 0 Å². The molecule has 2 aromatic rings. The van der Waals surface area contributed by atoms with Gasteiger partial charge in [-0.05, 0) is 66.8 Å². The molecule has 0 atom stereocenters. The topological polar surface area (TPSA) is 67.1 Å². The van der Waals surface area contributed by atoms with Gasteiger partial charge >= 0.3 is 0 Å². The zero-order chi connectivity index (χ0) is 16.8. The van der Waals surface area contributed by atoms with Gasteiger partial charge in [-0.15, -0.1) is 5.73 Å². The molecule has 1 amide bonds. The third kappa shape index (κ3) is 4.03. The molecule has 1 aliphatic carbocycles. The molecular formula is C20H17N3O. The Balaban J connectivity index is 1.72. The largest absolute Gasteiger partial charge is 0.399 e. The molecule has 0 spiro atoms. The number of hydrogen-bond donors (Lipinski definition) is 3. The van der Waals surface area contributed by atoms with Crippen molar-refractivity contribution in [1.29, 1.82) is 0 Å². The van der Waals surface area contributed by atoms with Crippen LogP contribution in [0.1, 0.15) is 10.4 Å². The molecule has 4 N–H and O–H groups in total. The maximum absolute atomic E-state index is 12.4. The lowest BCUT2D eigenvalue weighted by atomic mass is 10.1. The van der Waals surface area contributed by atoms with Crippen LogP contribution in [0.4, 0.5) is 17.1 Å². The van der Waals surface area contributed by atoms with Crippen LogP contribution in [0.3, 0.4) is 0 Å². The van der Waals surface area contributed by atoms with E-state index in [1.807, 2.05) is 48.6 Å². The Morgan fingerprint density at radius 2 is 1.83 bits per heavy atom. The van der Waals surface area contributed by atoms with Gasteiger partial charge in [-0.25, -0.2) is 0 Å². The van der Waals surface area contributed by atoms with Crippen molar-refractivity contribution in [2.24, 2.45) is 0 Å². The van der Waals surface area contributed by atoms with Crippen molar-refractivity contribution < 1.29 is 4.79 Å². The van der Waals surface area contributed by atoms with Crippen LogP contribution >= 0.6 is 0 Å². The lowest BCUT2D eigenvalue weighted by Gasteiger charge is -2.09. The Hall–Kier alpha value is -3.49. The average molecular weight is 315 g/mol. The van der Waals surface area contributed by atoms with Gasteiger partial charge in [0.25, 0.3) is 5.91 Å². The molecule has 118 valence electrons. The fourth-order valence-corrected chi connectivity index (χ4v) is 2.21. The third-order valence-corrected chi connectivity index (χ3v) is 3.41. The van der Waals surface area contributed by atoms with Crippen molar-refractivity contribution in [3.63, 3.8) is 0 Å². The number of benzene rings is 2. The van der Waals surface area contributed by atoms with E-state index < -0.39 is 0 Å². The highest BCUT2D eigenvalue weighted by Gasteiger charge is 2.07. The number of hydrogen-bond acceptors (Lipinski definition) is 3. The molecule has 2 aromatic carbocycles. The molecule has 4 heteroatoms. The van der Waals surface area contributed by atoms with Gasteiger partial charge in [0.05, 0.1) is 0 Å². The highest BCUT2D eigenvalue weighted by Crippen LogP contribution is 2.17. The molecule has 0 aliphatic heterocycles. The number of nitrogen functional groups attached to an aromatic ring is 1. The first-order chi connectivity index (χ1) is 11.7. The van der Waals surface area contributed by atoms with Gasteiger partial charge in [-0.1, -0.05) is 12.1 Å². The van der Waals surface area contributed by atoms with Crippen LogP contribution in [-0.2, 0) is 0 Å². The lowest BCUT2D eigenvalue weighted by molar-refractivity contribution is 0.102. The van der Waals surface area contributed by atoms with Gasteiger partial charge in [0.1, 0.15) is 0 Å². The first-order valence-electron chi connectivity index (χ1n) is 7.54. The maximum Gasteiger partial charge on any atom is 0.255 e. The lowest BCUT2D eigenvalue weighted by Crippen LogP contribution is -2.12. The third-order valence-electron chi connectivity index (χ3n) is 3.41. The number of rotatable bonds is 4. The Bertz CT molecular complexity index is 870. The second-order valence-electron chi connectivity index (χ2n) is 5.26. The maximum atomic E-state index is 12.4. The molecule has 0 radical (unpaired) electrons. The highest BCUT2D eigenvalue weighted by atomic mass is 16.1. The van der Waals surface area contributed by atoms with Crippen LogP contribution in [0.2, 0.25) is 0 Å². The summed E-state index contributed by atoms with van der Waals surface area (Å²) in [5.41, 5.74) is 12.3. The van der Waals surface area contributed by atoms with Gasteiger partial charge < -0.3 is 16.4 Å². The molecule has 0 fully saturated rings. The normalized spacial score (nSPS) is 12.4. The van der Waals surface area contributed by atoms with E-state index in [-0.39, 0.29) is 5.91 Å². The zero-order valence-electron chi connectivity index (χ0n) is 13.0. The number of amides is 1. The number of nitrogens with two attached hydrogens (primary N) is 1. The smallest absolute Gasteiger partial charge is 0.255 e. The molecule has 24 heavy (non-hydrogen) atoms. The summed E-state index contributed by atoms with van der Waals surface area (Å²) in [6.45, 7) is 0. The minimum atomic E-state index is -0.171. The van der Waals surface area contributed by atoms with Crippen molar-refractivity contribution in [3.8, 4) is 0 Å². The second-order valence-corrected chi connectivity index (χ2v) is 5.26. The van der Waals surface area contributed by atoms with Crippen LogP contribution in [0.15, 0.2) is 90.3 Å². The van der Waals surface area contributed by atoms with E-state index in [2.05, 4.69) is 16.4 Å². The Morgan fingerprint density at radius 1 is 1.00 bits per heavy atom. The van der Waals surface area contributed by atoms with Gasteiger partial charge in [0, 0.05) is 28.3 Å². The monoisotopic (exact) mass is 315 g/mol. The number of carbonyl (C=O) groups excluding carboxylic acids is 1. The molecule has 3 rings (SSSR count). The first-order valence-corrected chi connectivity index (χ1v) is 7.54.